The normalized spacial score (nSPS) is 11.9. The van der Waals surface area contributed by atoms with Crippen LogP contribution in [0.5, 0.6) is 0 Å². The van der Waals surface area contributed by atoms with E-state index in [0.717, 1.165) is 11.5 Å². The molecule has 1 N–H and O–H groups in total. The summed E-state index contributed by atoms with van der Waals surface area (Å²) in [5.74, 6) is 1.58. The van der Waals surface area contributed by atoms with Crippen molar-refractivity contribution in [1.82, 2.24) is 10.2 Å². The fourth-order valence-corrected chi connectivity index (χ4v) is 2.19. The van der Waals surface area contributed by atoms with Crippen LogP contribution in [-0.4, -0.2) is 31.4 Å². The van der Waals surface area contributed by atoms with Crippen molar-refractivity contribution in [3.63, 3.8) is 0 Å². The summed E-state index contributed by atoms with van der Waals surface area (Å²) in [6.45, 7) is 2.38. The molecule has 120 valence electrons. The number of hydrogen-bond donors (Lipinski definition) is 1. The molecule has 2 aromatic rings. The molecule has 1 aromatic carbocycles. The van der Waals surface area contributed by atoms with Crippen LogP contribution in [0.4, 0.5) is 0 Å². The molecule has 0 aliphatic heterocycles. The van der Waals surface area contributed by atoms with Gasteiger partial charge in [-0.3, -0.25) is 9.69 Å². The molecule has 0 aliphatic rings. The Hall–Kier alpha value is -1.49. The number of amides is 1. The summed E-state index contributed by atoms with van der Waals surface area (Å²) in [6.07, 6.45) is 0. The van der Waals surface area contributed by atoms with E-state index in [4.69, 9.17) is 16.0 Å². The Morgan fingerprint density at radius 1 is 1.23 bits per heavy atom. The van der Waals surface area contributed by atoms with E-state index in [2.05, 4.69) is 5.32 Å². The first-order chi connectivity index (χ1) is 9.97. The zero-order valence-corrected chi connectivity index (χ0v) is 14.4. The number of nitrogens with zero attached hydrogens (tertiary/aromatic N) is 1. The van der Waals surface area contributed by atoms with E-state index in [1.807, 2.05) is 38.1 Å². The third-order valence-corrected chi connectivity index (χ3v) is 3.53. The first-order valence-electron chi connectivity index (χ1n) is 6.74. The quantitative estimate of drug-likeness (QED) is 0.901. The van der Waals surface area contributed by atoms with Crippen LogP contribution in [0.2, 0.25) is 5.02 Å². The topological polar surface area (TPSA) is 45.5 Å². The van der Waals surface area contributed by atoms with Gasteiger partial charge in [-0.1, -0.05) is 11.6 Å². The molecule has 4 nitrogen and oxygen atoms in total. The van der Waals surface area contributed by atoms with E-state index in [1.54, 1.807) is 24.3 Å². The number of halogens is 2. The number of carbonyl (C=O) groups excluding carboxylic acids is 1. The molecule has 0 radical (unpaired) electrons. The molecule has 0 aliphatic carbocycles. The van der Waals surface area contributed by atoms with Gasteiger partial charge in [0, 0.05) is 17.1 Å². The lowest BCUT2D eigenvalue weighted by atomic mass is 10.2. The van der Waals surface area contributed by atoms with Gasteiger partial charge in [-0.05, 0) is 57.4 Å². The molecule has 6 heteroatoms. The zero-order chi connectivity index (χ0) is 15.4. The van der Waals surface area contributed by atoms with Crippen LogP contribution in [-0.2, 0) is 0 Å². The van der Waals surface area contributed by atoms with Crippen molar-refractivity contribution in [2.24, 2.45) is 0 Å². The fraction of sp³-hybridized carbons (Fsp3) is 0.312. The van der Waals surface area contributed by atoms with Crippen molar-refractivity contribution < 1.29 is 9.21 Å². The van der Waals surface area contributed by atoms with Crippen LogP contribution in [0.25, 0.3) is 0 Å². The number of benzene rings is 1. The van der Waals surface area contributed by atoms with Gasteiger partial charge in [0.15, 0.2) is 0 Å². The lowest BCUT2D eigenvalue weighted by molar-refractivity contribution is 0.0939. The SMILES string of the molecule is Cc1ccc(C(CNC(=O)c2ccc(Cl)cc2)N(C)C)o1.Cl. The van der Waals surface area contributed by atoms with Crippen LogP contribution in [0.15, 0.2) is 40.8 Å². The molecule has 2 rings (SSSR count). The van der Waals surface area contributed by atoms with E-state index >= 15 is 0 Å². The lowest BCUT2D eigenvalue weighted by Gasteiger charge is -2.22. The molecule has 1 atom stereocenters. The van der Waals surface area contributed by atoms with Crippen LogP contribution in [0.1, 0.15) is 27.9 Å². The van der Waals surface area contributed by atoms with Crippen molar-refractivity contribution in [2.45, 2.75) is 13.0 Å². The zero-order valence-electron chi connectivity index (χ0n) is 12.8. The molecule has 0 bridgehead atoms. The summed E-state index contributed by atoms with van der Waals surface area (Å²) in [5, 5.41) is 3.54. The van der Waals surface area contributed by atoms with Gasteiger partial charge in [-0.25, -0.2) is 0 Å². The van der Waals surface area contributed by atoms with Gasteiger partial charge >= 0.3 is 0 Å². The van der Waals surface area contributed by atoms with Crippen molar-refractivity contribution in [3.05, 3.63) is 58.5 Å². The molecule has 0 fully saturated rings. The van der Waals surface area contributed by atoms with Gasteiger partial charge in [0.05, 0.1) is 6.04 Å². The maximum atomic E-state index is 12.1. The van der Waals surface area contributed by atoms with Gasteiger partial charge in [-0.2, -0.15) is 0 Å². The second kappa shape index (κ2) is 8.22. The third kappa shape index (κ3) is 4.77. The monoisotopic (exact) mass is 342 g/mol. The Labute approximate surface area is 141 Å². The Bertz CT molecular complexity index is 609. The number of hydrogen-bond acceptors (Lipinski definition) is 3. The highest BCUT2D eigenvalue weighted by molar-refractivity contribution is 6.30. The molecule has 22 heavy (non-hydrogen) atoms. The first-order valence-corrected chi connectivity index (χ1v) is 7.11. The lowest BCUT2D eigenvalue weighted by Crippen LogP contribution is -2.34. The molecule has 1 unspecified atom stereocenters. The predicted molar refractivity (Wildman–Crippen MR) is 90.9 cm³/mol. The van der Waals surface area contributed by atoms with Crippen LogP contribution in [0, 0.1) is 6.92 Å². The van der Waals surface area contributed by atoms with Crippen molar-refractivity contribution in [1.29, 1.82) is 0 Å². The Balaban J connectivity index is 0.00000242. The molecule has 1 amide bonds. The van der Waals surface area contributed by atoms with E-state index in [1.165, 1.54) is 0 Å². The summed E-state index contributed by atoms with van der Waals surface area (Å²) in [4.78, 5) is 14.1. The minimum absolute atomic E-state index is 0. The molecule has 1 heterocycles. The van der Waals surface area contributed by atoms with Crippen molar-refractivity contribution in [2.75, 3.05) is 20.6 Å². The summed E-state index contributed by atoms with van der Waals surface area (Å²) in [6, 6.07) is 10.7. The average molecular weight is 343 g/mol. The number of nitrogens with one attached hydrogen (secondary N) is 1. The van der Waals surface area contributed by atoms with Gasteiger partial charge in [-0.15, -0.1) is 12.4 Å². The summed E-state index contributed by atoms with van der Waals surface area (Å²) in [5.41, 5.74) is 0.590. The summed E-state index contributed by atoms with van der Waals surface area (Å²) in [7, 11) is 3.91. The molecular weight excluding hydrogens is 323 g/mol. The number of furan rings is 1. The summed E-state index contributed by atoms with van der Waals surface area (Å²) >= 11 is 5.82. The number of carbonyl (C=O) groups is 1. The predicted octanol–water partition coefficient (Wildman–Crippen LogP) is 3.70. The third-order valence-electron chi connectivity index (χ3n) is 3.28. The highest BCUT2D eigenvalue weighted by Crippen LogP contribution is 2.20. The highest BCUT2D eigenvalue weighted by atomic mass is 35.5. The number of likely N-dealkylation sites (N-methyl/N-ethyl adjacent to an activating group) is 1. The van der Waals surface area contributed by atoms with Gasteiger partial charge in [0.1, 0.15) is 11.5 Å². The molecular formula is C16H20Cl2N2O2. The molecule has 0 spiro atoms. The van der Waals surface area contributed by atoms with E-state index in [0.29, 0.717) is 17.1 Å². The van der Waals surface area contributed by atoms with E-state index in [9.17, 15) is 4.79 Å². The van der Waals surface area contributed by atoms with Crippen molar-refractivity contribution in [3.8, 4) is 0 Å². The van der Waals surface area contributed by atoms with Crippen LogP contribution in [0.3, 0.4) is 0 Å². The maximum absolute atomic E-state index is 12.1. The minimum Gasteiger partial charge on any atom is -0.465 e. The largest absolute Gasteiger partial charge is 0.465 e. The Morgan fingerprint density at radius 3 is 2.36 bits per heavy atom. The van der Waals surface area contributed by atoms with Crippen molar-refractivity contribution >= 4 is 29.9 Å². The van der Waals surface area contributed by atoms with E-state index < -0.39 is 0 Å². The second-order valence-electron chi connectivity index (χ2n) is 5.14. The summed E-state index contributed by atoms with van der Waals surface area (Å²) < 4.78 is 5.65. The molecule has 1 aromatic heterocycles. The first kappa shape index (κ1) is 18.6. The van der Waals surface area contributed by atoms with Crippen LogP contribution < -0.4 is 5.32 Å². The number of rotatable bonds is 5. The van der Waals surface area contributed by atoms with Crippen LogP contribution >= 0.6 is 24.0 Å². The molecule has 0 saturated carbocycles. The number of aryl methyl sites for hydroxylation is 1. The molecule has 0 saturated heterocycles. The Kier molecular flexibility index (Phi) is 6.94. The fourth-order valence-electron chi connectivity index (χ4n) is 2.06. The minimum atomic E-state index is -0.123. The van der Waals surface area contributed by atoms with Gasteiger partial charge in [0.25, 0.3) is 5.91 Å². The Morgan fingerprint density at radius 2 is 1.86 bits per heavy atom. The highest BCUT2D eigenvalue weighted by Gasteiger charge is 2.18. The van der Waals surface area contributed by atoms with Gasteiger partial charge in [0.2, 0.25) is 0 Å². The average Bonchev–Trinajstić information content (AvgIpc) is 2.85. The maximum Gasteiger partial charge on any atom is 0.251 e. The smallest absolute Gasteiger partial charge is 0.251 e. The standard InChI is InChI=1S/C16H19ClN2O2.ClH/c1-11-4-9-15(21-11)14(19(2)3)10-18-16(20)12-5-7-13(17)8-6-12;/h4-9,14H,10H2,1-3H3,(H,18,20);1H. The van der Waals surface area contributed by atoms with E-state index in [-0.39, 0.29) is 24.4 Å². The second-order valence-corrected chi connectivity index (χ2v) is 5.58. The van der Waals surface area contributed by atoms with Gasteiger partial charge < -0.3 is 9.73 Å².